The van der Waals surface area contributed by atoms with E-state index in [1.54, 1.807) is 12.1 Å². The number of methoxy groups -OCH3 is 1. The molecule has 0 spiro atoms. The minimum atomic E-state index is -0.455. The Morgan fingerprint density at radius 2 is 2.17 bits per heavy atom. The molecule has 0 bridgehead atoms. The van der Waals surface area contributed by atoms with Crippen LogP contribution >= 0.6 is 0 Å². The molecule has 0 aliphatic heterocycles. The van der Waals surface area contributed by atoms with E-state index < -0.39 is 4.92 Å². The predicted octanol–water partition coefficient (Wildman–Crippen LogP) is 2.55. The second kappa shape index (κ2) is 6.35. The number of ether oxygens (including phenoxy) is 1. The van der Waals surface area contributed by atoms with E-state index in [0.29, 0.717) is 12.8 Å². The van der Waals surface area contributed by atoms with E-state index in [1.165, 1.54) is 13.2 Å². The molecule has 0 aromatic heterocycles. The minimum absolute atomic E-state index is 0.0341. The molecule has 100 valence electrons. The summed E-state index contributed by atoms with van der Waals surface area (Å²) >= 11 is 0. The third kappa shape index (κ3) is 3.43. The van der Waals surface area contributed by atoms with Crippen LogP contribution in [0.25, 0.3) is 0 Å². The molecule has 0 amide bonds. The quantitative estimate of drug-likeness (QED) is 0.624. The number of nitrogens with zero attached hydrogens (tertiary/aromatic N) is 1. The van der Waals surface area contributed by atoms with Crippen molar-refractivity contribution >= 4 is 5.69 Å². The highest BCUT2D eigenvalue weighted by molar-refractivity contribution is 5.48. The number of aliphatic hydroxyl groups excluding tert-OH is 1. The van der Waals surface area contributed by atoms with Gasteiger partial charge >= 0.3 is 5.69 Å². The van der Waals surface area contributed by atoms with Crippen LogP contribution in [0.5, 0.6) is 5.75 Å². The molecule has 5 heteroatoms. The lowest BCUT2D eigenvalue weighted by Crippen LogP contribution is -2.18. The first kappa shape index (κ1) is 14.4. The molecule has 0 aliphatic rings. The fourth-order valence-corrected chi connectivity index (χ4v) is 1.92. The van der Waals surface area contributed by atoms with Gasteiger partial charge < -0.3 is 9.84 Å². The normalized spacial score (nSPS) is 14.0. The lowest BCUT2D eigenvalue weighted by molar-refractivity contribution is -0.385. The van der Waals surface area contributed by atoms with Gasteiger partial charge in [-0.3, -0.25) is 10.1 Å². The van der Waals surface area contributed by atoms with Crippen molar-refractivity contribution in [3.05, 3.63) is 33.9 Å². The standard InChI is InChI=1S/C13H19NO4/c1-4-12(15)9(2)7-10-5-6-13(18-3)11(8-10)14(16)17/h5-6,8-9,12,15H,4,7H2,1-3H3. The van der Waals surface area contributed by atoms with Gasteiger partial charge in [-0.15, -0.1) is 0 Å². The zero-order valence-electron chi connectivity index (χ0n) is 10.9. The molecule has 18 heavy (non-hydrogen) atoms. The zero-order chi connectivity index (χ0) is 13.7. The van der Waals surface area contributed by atoms with E-state index in [-0.39, 0.29) is 23.5 Å². The van der Waals surface area contributed by atoms with E-state index in [4.69, 9.17) is 4.74 Å². The van der Waals surface area contributed by atoms with Gasteiger partial charge in [0.2, 0.25) is 0 Å². The van der Waals surface area contributed by atoms with Crippen LogP contribution in [0.1, 0.15) is 25.8 Å². The summed E-state index contributed by atoms with van der Waals surface area (Å²) in [5.41, 5.74) is 0.802. The van der Waals surface area contributed by atoms with Gasteiger partial charge in [-0.05, 0) is 30.4 Å². The molecule has 0 saturated heterocycles. The number of rotatable bonds is 6. The average molecular weight is 253 g/mol. The maximum atomic E-state index is 10.9. The Morgan fingerprint density at radius 3 is 2.67 bits per heavy atom. The molecule has 1 N–H and O–H groups in total. The van der Waals surface area contributed by atoms with Crippen LogP contribution in [0, 0.1) is 16.0 Å². The fraction of sp³-hybridized carbons (Fsp3) is 0.538. The number of benzene rings is 1. The van der Waals surface area contributed by atoms with E-state index in [2.05, 4.69) is 0 Å². The molecule has 1 aromatic rings. The third-order valence-electron chi connectivity index (χ3n) is 3.07. The smallest absolute Gasteiger partial charge is 0.311 e. The molecular weight excluding hydrogens is 234 g/mol. The molecule has 2 atom stereocenters. The van der Waals surface area contributed by atoms with E-state index in [1.807, 2.05) is 13.8 Å². The van der Waals surface area contributed by atoms with Crippen molar-refractivity contribution in [2.45, 2.75) is 32.8 Å². The van der Waals surface area contributed by atoms with Crippen LogP contribution in [-0.2, 0) is 6.42 Å². The van der Waals surface area contributed by atoms with Crippen LogP contribution in [0.3, 0.4) is 0 Å². The van der Waals surface area contributed by atoms with Crippen LogP contribution in [-0.4, -0.2) is 23.2 Å². The van der Waals surface area contributed by atoms with Crippen molar-refractivity contribution in [1.29, 1.82) is 0 Å². The SMILES string of the molecule is CCC(O)C(C)Cc1ccc(OC)c([N+](=O)[O-])c1. The highest BCUT2D eigenvalue weighted by Gasteiger charge is 2.18. The summed E-state index contributed by atoms with van der Waals surface area (Å²) in [4.78, 5) is 10.4. The lowest BCUT2D eigenvalue weighted by Gasteiger charge is -2.17. The van der Waals surface area contributed by atoms with Crippen molar-refractivity contribution in [1.82, 2.24) is 0 Å². The van der Waals surface area contributed by atoms with Crippen molar-refractivity contribution < 1.29 is 14.8 Å². The maximum absolute atomic E-state index is 10.9. The molecule has 1 rings (SSSR count). The number of aliphatic hydroxyl groups is 1. The zero-order valence-corrected chi connectivity index (χ0v) is 10.9. The lowest BCUT2D eigenvalue weighted by atomic mass is 9.94. The number of hydrogen-bond acceptors (Lipinski definition) is 4. The van der Waals surface area contributed by atoms with Crippen LogP contribution in [0.2, 0.25) is 0 Å². The first-order valence-electron chi connectivity index (χ1n) is 5.99. The largest absolute Gasteiger partial charge is 0.490 e. The second-order valence-electron chi connectivity index (χ2n) is 4.42. The predicted molar refractivity (Wildman–Crippen MR) is 68.8 cm³/mol. The van der Waals surface area contributed by atoms with Gasteiger partial charge in [0.15, 0.2) is 5.75 Å². The van der Waals surface area contributed by atoms with Crippen molar-refractivity contribution in [3.8, 4) is 5.75 Å². The first-order chi connectivity index (χ1) is 8.49. The van der Waals surface area contributed by atoms with Crippen LogP contribution < -0.4 is 4.74 Å². The van der Waals surface area contributed by atoms with Gasteiger partial charge in [0.1, 0.15) is 0 Å². The Kier molecular flexibility index (Phi) is 5.09. The van der Waals surface area contributed by atoms with Gasteiger partial charge in [-0.1, -0.05) is 19.9 Å². The summed E-state index contributed by atoms with van der Waals surface area (Å²) in [6.07, 6.45) is 0.908. The molecule has 0 fully saturated rings. The van der Waals surface area contributed by atoms with Crippen molar-refractivity contribution in [2.75, 3.05) is 7.11 Å². The molecule has 2 unspecified atom stereocenters. The number of nitro groups is 1. The second-order valence-corrected chi connectivity index (χ2v) is 4.42. The summed E-state index contributed by atoms with van der Waals surface area (Å²) < 4.78 is 4.94. The fourth-order valence-electron chi connectivity index (χ4n) is 1.92. The number of nitro benzene ring substituents is 1. The molecule has 1 aromatic carbocycles. The Hall–Kier alpha value is -1.62. The molecule has 0 saturated carbocycles. The maximum Gasteiger partial charge on any atom is 0.311 e. The van der Waals surface area contributed by atoms with Gasteiger partial charge in [-0.2, -0.15) is 0 Å². The molecule has 0 radical (unpaired) electrons. The van der Waals surface area contributed by atoms with E-state index in [0.717, 1.165) is 5.56 Å². The Labute approximate surface area is 107 Å². The summed E-state index contributed by atoms with van der Waals surface area (Å²) in [6, 6.07) is 4.90. The summed E-state index contributed by atoms with van der Waals surface area (Å²) in [5.74, 6) is 0.329. The highest BCUT2D eigenvalue weighted by atomic mass is 16.6. The van der Waals surface area contributed by atoms with Crippen molar-refractivity contribution in [2.24, 2.45) is 5.92 Å². The molecular formula is C13H19NO4. The first-order valence-corrected chi connectivity index (χ1v) is 5.99. The van der Waals surface area contributed by atoms with Gasteiger partial charge in [0, 0.05) is 6.07 Å². The van der Waals surface area contributed by atoms with Crippen LogP contribution in [0.15, 0.2) is 18.2 Å². The monoisotopic (exact) mass is 253 g/mol. The summed E-state index contributed by atoms with van der Waals surface area (Å²) in [5, 5.41) is 20.6. The summed E-state index contributed by atoms with van der Waals surface area (Å²) in [7, 11) is 1.41. The summed E-state index contributed by atoms with van der Waals surface area (Å²) in [6.45, 7) is 3.85. The highest BCUT2D eigenvalue weighted by Crippen LogP contribution is 2.28. The van der Waals surface area contributed by atoms with Crippen molar-refractivity contribution in [3.63, 3.8) is 0 Å². The molecule has 5 nitrogen and oxygen atoms in total. The van der Waals surface area contributed by atoms with E-state index >= 15 is 0 Å². The van der Waals surface area contributed by atoms with Gasteiger partial charge in [-0.25, -0.2) is 0 Å². The Balaban J connectivity index is 2.91. The Morgan fingerprint density at radius 1 is 1.50 bits per heavy atom. The van der Waals surface area contributed by atoms with Crippen LogP contribution in [0.4, 0.5) is 5.69 Å². The minimum Gasteiger partial charge on any atom is -0.490 e. The van der Waals surface area contributed by atoms with Gasteiger partial charge in [0.05, 0.1) is 18.1 Å². The third-order valence-corrected chi connectivity index (χ3v) is 3.07. The number of hydrogen-bond donors (Lipinski definition) is 1. The Bertz CT molecular complexity index is 419. The average Bonchev–Trinajstić information content (AvgIpc) is 2.37. The molecule has 0 heterocycles. The molecule has 0 aliphatic carbocycles. The van der Waals surface area contributed by atoms with E-state index in [9.17, 15) is 15.2 Å². The van der Waals surface area contributed by atoms with Gasteiger partial charge in [0.25, 0.3) is 0 Å². The topological polar surface area (TPSA) is 72.6 Å².